The predicted molar refractivity (Wildman–Crippen MR) is 573 cm³/mol. The van der Waals surface area contributed by atoms with Gasteiger partial charge in [-0.2, -0.15) is 0 Å². The van der Waals surface area contributed by atoms with E-state index in [1.807, 2.05) is 0 Å². The molecule has 3 nitrogen and oxygen atoms in total. The highest BCUT2D eigenvalue weighted by Crippen LogP contribution is 2.69. The zero-order valence-electron chi connectivity index (χ0n) is 77.3. The first kappa shape index (κ1) is 80.7. The number of anilines is 9. The van der Waals surface area contributed by atoms with Crippen LogP contribution in [0, 0.1) is 0 Å². The third-order valence-corrected chi connectivity index (χ3v) is 31.6. The molecule has 6 aliphatic carbocycles. The number of nitrogens with zero attached hydrogens (tertiary/aromatic N) is 3. The van der Waals surface area contributed by atoms with Gasteiger partial charge in [0, 0.05) is 39.1 Å². The Kier molecular flexibility index (Phi) is 18.1. The number of fused-ring (bicyclic) bond motifs is 34. The summed E-state index contributed by atoms with van der Waals surface area (Å²) in [6.07, 6.45) is 0. The maximum absolute atomic E-state index is 2.53. The molecule has 0 saturated heterocycles. The molecule has 2 aliphatic heterocycles. The van der Waals surface area contributed by atoms with E-state index in [4.69, 9.17) is 0 Å². The Labute approximate surface area is 807 Å². The molecule has 8 aliphatic rings. The summed E-state index contributed by atoms with van der Waals surface area (Å²) in [6, 6.07) is 187. The molecule has 0 saturated carbocycles. The quantitative estimate of drug-likeness (QED) is 0.150. The monoisotopic (exact) mass is 1760 g/mol. The normalized spacial score (nSPS) is 14.6. The van der Waals surface area contributed by atoms with Crippen LogP contribution >= 0.6 is 0 Å². The largest absolute Gasteiger partial charge is 0.310 e. The second kappa shape index (κ2) is 31.0. The van der Waals surface area contributed by atoms with Crippen molar-refractivity contribution in [3.63, 3.8) is 0 Å². The molecule has 3 heteroatoms. The van der Waals surface area contributed by atoms with E-state index >= 15 is 0 Å². The minimum absolute atomic E-state index is 0.0821. The SMILES string of the molecule is CC1(C)c2cc(-c3ccccc3)ccc2N(c2ccc3c(c2)C2(c4ccccc4-c4ccccc42)c2ccccc2-3)c2ccc(-c3ccccc3)cc21.CC1(C)c2ccccc2N(c2ccc3c(c2)C2(c4ccccc4-c4ccccc42)c2ccccc2-3)c2ccccc21.c1ccc(-c2ccc(N(c3ccccc3)c3cccc4c3-c3ccccc3C43c4ccccc4-c4ccccc43)cc2)cc1. The summed E-state index contributed by atoms with van der Waals surface area (Å²) in [5, 5.41) is 0. The molecule has 138 heavy (non-hydrogen) atoms. The minimum atomic E-state index is -0.399. The van der Waals surface area contributed by atoms with Gasteiger partial charge in [-0.1, -0.05) is 440 Å². The highest BCUT2D eigenvalue weighted by molar-refractivity contribution is 6.04. The molecule has 0 unspecified atom stereocenters. The molecule has 0 amide bonds. The number of para-hydroxylation sites is 3. The molecule has 0 bridgehead atoms. The van der Waals surface area contributed by atoms with Gasteiger partial charge in [0.25, 0.3) is 0 Å². The van der Waals surface area contributed by atoms with E-state index in [1.165, 1.54) is 229 Å². The van der Waals surface area contributed by atoms with Crippen molar-refractivity contribution in [2.75, 3.05) is 14.7 Å². The second-order valence-corrected chi connectivity index (χ2v) is 39.1. The Bertz CT molecular complexity index is 8220. The fourth-order valence-electron chi connectivity index (χ4n) is 25.8. The van der Waals surface area contributed by atoms with E-state index in [2.05, 4.69) is 546 Å². The molecule has 3 spiro atoms. The van der Waals surface area contributed by atoms with Crippen LogP contribution in [0.25, 0.3) is 100 Å². The van der Waals surface area contributed by atoms with Gasteiger partial charge in [0.2, 0.25) is 0 Å². The van der Waals surface area contributed by atoms with Crippen LogP contribution in [-0.2, 0) is 27.1 Å². The van der Waals surface area contributed by atoms with E-state index in [9.17, 15) is 0 Å². The maximum Gasteiger partial charge on any atom is 0.0726 e. The van der Waals surface area contributed by atoms with E-state index in [0.29, 0.717) is 0 Å². The van der Waals surface area contributed by atoms with E-state index < -0.39 is 5.41 Å². The molecule has 0 fully saturated rings. The molecular weight excluding hydrogens is 1660 g/mol. The van der Waals surface area contributed by atoms with Crippen molar-refractivity contribution >= 4 is 51.2 Å². The Morgan fingerprint density at radius 1 is 0.159 bits per heavy atom. The Balaban J connectivity index is 0.000000105. The number of hydrogen-bond acceptors (Lipinski definition) is 3. The third kappa shape index (κ3) is 11.5. The van der Waals surface area contributed by atoms with Crippen molar-refractivity contribution < 1.29 is 0 Å². The molecule has 0 radical (unpaired) electrons. The number of rotatable bonds is 8. The minimum Gasteiger partial charge on any atom is -0.310 e. The van der Waals surface area contributed by atoms with E-state index in [-0.39, 0.29) is 21.7 Å². The van der Waals surface area contributed by atoms with Crippen LogP contribution in [0.15, 0.2) is 504 Å². The lowest BCUT2D eigenvalue weighted by Crippen LogP contribution is -2.31. The van der Waals surface area contributed by atoms with Gasteiger partial charge >= 0.3 is 0 Å². The molecule has 21 aromatic rings. The molecule has 2 heterocycles. The molecule has 29 rings (SSSR count). The number of hydrogen-bond donors (Lipinski definition) is 0. The molecular formula is C135H95N3. The van der Waals surface area contributed by atoms with Crippen molar-refractivity contribution in [1.82, 2.24) is 0 Å². The van der Waals surface area contributed by atoms with Gasteiger partial charge in [-0.3, -0.25) is 0 Å². The Morgan fingerprint density at radius 2 is 0.406 bits per heavy atom. The second-order valence-electron chi connectivity index (χ2n) is 39.1. The van der Waals surface area contributed by atoms with Gasteiger partial charge in [0.1, 0.15) is 0 Å². The first-order valence-electron chi connectivity index (χ1n) is 48.5. The summed E-state index contributed by atoms with van der Waals surface area (Å²) in [5.74, 6) is 0. The summed E-state index contributed by atoms with van der Waals surface area (Å²) < 4.78 is 0. The van der Waals surface area contributed by atoms with Crippen molar-refractivity contribution in [3.05, 3.63) is 593 Å². The van der Waals surface area contributed by atoms with Crippen molar-refractivity contribution in [3.8, 4) is 100 Å². The van der Waals surface area contributed by atoms with Gasteiger partial charge in [-0.15, -0.1) is 0 Å². The first-order valence-corrected chi connectivity index (χ1v) is 48.5. The lowest BCUT2D eigenvalue weighted by molar-refractivity contribution is 0.632. The van der Waals surface area contributed by atoms with Gasteiger partial charge in [0.15, 0.2) is 0 Å². The first-order chi connectivity index (χ1) is 68.0. The summed E-state index contributed by atoms with van der Waals surface area (Å²) in [5.41, 5.74) is 54.4. The third-order valence-electron chi connectivity index (χ3n) is 31.6. The summed E-state index contributed by atoms with van der Waals surface area (Å²) >= 11 is 0. The smallest absolute Gasteiger partial charge is 0.0726 e. The van der Waals surface area contributed by atoms with E-state index in [0.717, 1.165) is 11.4 Å². The van der Waals surface area contributed by atoms with Crippen LogP contribution in [0.1, 0.15) is 117 Å². The molecule has 0 N–H and O–H groups in total. The highest BCUT2D eigenvalue weighted by Gasteiger charge is 2.56. The van der Waals surface area contributed by atoms with Crippen molar-refractivity contribution in [2.45, 2.75) is 54.8 Å². The topological polar surface area (TPSA) is 9.72 Å². The Morgan fingerprint density at radius 3 is 0.768 bits per heavy atom. The highest BCUT2D eigenvalue weighted by atomic mass is 15.2. The molecule has 21 aromatic carbocycles. The van der Waals surface area contributed by atoms with Gasteiger partial charge in [-0.25, -0.2) is 0 Å². The van der Waals surface area contributed by atoms with Crippen LogP contribution in [-0.4, -0.2) is 0 Å². The standard InChI is InChI=1S/C52H37N.C43H29N.C40H29N/c1-51(2)47-31-36(34-15-5-3-6-16-34)25-29-49(47)53(50-30-26-37(32-48(50)51)35-17-7-4-8-18-35)38-27-28-42-41-21-11-14-24-45(41)52(46(42)33-38)43-22-12-9-19-39(43)40-20-10-13-23-44(40)52;1-3-14-30(15-4-1)31-26-28-33(29-27-31)44(32-16-5-2-6-17-32)41-25-13-24-40-42(41)36-20-9-12-23-39(36)43(40)37-21-10-7-18-34(37)35-19-8-11-22-38(35)43;1-39(2)34-19-9-11-21-37(34)41(38-22-12-10-20-35(38)39)26-23-24-30-29-15-5-8-18-33(29)40(36(30)25-26)31-16-6-3-13-27(31)28-14-4-7-17-32(28)40/h3-33H,1-2H3;1-29H;3-25H,1-2H3. The van der Waals surface area contributed by atoms with Crippen LogP contribution in [0.4, 0.5) is 51.2 Å². The molecule has 0 aromatic heterocycles. The van der Waals surface area contributed by atoms with Crippen LogP contribution in [0.3, 0.4) is 0 Å². The van der Waals surface area contributed by atoms with Gasteiger partial charge in [-0.05, 0) is 275 Å². The summed E-state index contributed by atoms with van der Waals surface area (Å²) in [6.45, 7) is 9.49. The maximum atomic E-state index is 2.53. The fraction of sp³-hybridized carbons (Fsp3) is 0.0667. The van der Waals surface area contributed by atoms with Gasteiger partial charge < -0.3 is 14.7 Å². The van der Waals surface area contributed by atoms with Gasteiger partial charge in [0.05, 0.1) is 44.7 Å². The van der Waals surface area contributed by atoms with Crippen molar-refractivity contribution in [2.24, 2.45) is 0 Å². The van der Waals surface area contributed by atoms with Crippen molar-refractivity contribution in [1.29, 1.82) is 0 Å². The molecule has 0 atom stereocenters. The van der Waals surface area contributed by atoms with Crippen LogP contribution < -0.4 is 14.7 Å². The van der Waals surface area contributed by atoms with E-state index in [1.54, 1.807) is 0 Å². The molecule has 650 valence electrons. The average molecular weight is 1760 g/mol. The fourth-order valence-corrected chi connectivity index (χ4v) is 25.8. The lowest BCUT2D eigenvalue weighted by atomic mass is 9.70. The lowest BCUT2D eigenvalue weighted by Gasteiger charge is -2.43. The summed E-state index contributed by atoms with van der Waals surface area (Å²) in [4.78, 5) is 7.44. The summed E-state index contributed by atoms with van der Waals surface area (Å²) in [7, 11) is 0. The predicted octanol–water partition coefficient (Wildman–Crippen LogP) is 34.8. The number of benzene rings is 21. The average Bonchev–Trinajstić information content (AvgIpc) is 1.51. The zero-order chi connectivity index (χ0) is 91.7. The van der Waals surface area contributed by atoms with Crippen LogP contribution in [0.2, 0.25) is 0 Å². The zero-order valence-corrected chi connectivity index (χ0v) is 77.3. The van der Waals surface area contributed by atoms with Crippen LogP contribution in [0.5, 0.6) is 0 Å². The Hall–Kier alpha value is -17.0.